The van der Waals surface area contributed by atoms with Crippen molar-refractivity contribution in [3.05, 3.63) is 17.7 Å². The quantitative estimate of drug-likeness (QED) is 0.207. The molecule has 1 saturated heterocycles. The van der Waals surface area contributed by atoms with Gasteiger partial charge in [0.1, 0.15) is 0 Å². The molecule has 0 aromatic heterocycles. The third-order valence-electron chi connectivity index (χ3n) is 5.48. The summed E-state index contributed by atoms with van der Waals surface area (Å²) < 4.78 is 16.2. The minimum Gasteiger partial charge on any atom is -0.493 e. The molecule has 8 heteroatoms. The largest absolute Gasteiger partial charge is 0.493 e. The van der Waals surface area contributed by atoms with E-state index in [4.69, 9.17) is 14.2 Å². The number of nitrogens with zero attached hydrogens (tertiary/aromatic N) is 2. The van der Waals surface area contributed by atoms with Crippen LogP contribution in [0, 0.1) is 5.92 Å². The van der Waals surface area contributed by atoms with Crippen molar-refractivity contribution in [2.45, 2.75) is 39.2 Å². The molecule has 30 heavy (non-hydrogen) atoms. The van der Waals surface area contributed by atoms with Crippen LogP contribution in [0.3, 0.4) is 0 Å². The maximum Gasteiger partial charge on any atom is 0.203 e. The van der Waals surface area contributed by atoms with Gasteiger partial charge in [0.2, 0.25) is 5.75 Å². The Balaban J connectivity index is 0.00000450. The maximum absolute atomic E-state index is 5.42. The number of hydrogen-bond acceptors (Lipinski definition) is 5. The van der Waals surface area contributed by atoms with Crippen LogP contribution in [0.4, 0.5) is 0 Å². The first-order valence-electron chi connectivity index (χ1n) is 10.6. The van der Waals surface area contributed by atoms with E-state index in [1.807, 2.05) is 12.1 Å². The van der Waals surface area contributed by atoms with E-state index in [1.54, 1.807) is 28.4 Å². The molecule has 1 aromatic rings. The SMILES string of the molecule is CN=C(NCCCCN1CCC(C)CC1)NCc1cc(OC)c(OC)c(OC)c1.I. The molecule has 0 radical (unpaired) electrons. The number of nitrogens with one attached hydrogen (secondary N) is 2. The molecule has 2 rings (SSSR count). The van der Waals surface area contributed by atoms with Crippen LogP contribution >= 0.6 is 24.0 Å². The van der Waals surface area contributed by atoms with Crippen molar-refractivity contribution in [3.8, 4) is 17.2 Å². The van der Waals surface area contributed by atoms with Crippen molar-refractivity contribution in [2.24, 2.45) is 10.9 Å². The highest BCUT2D eigenvalue weighted by Gasteiger charge is 2.15. The Labute approximate surface area is 199 Å². The molecule has 1 aliphatic heterocycles. The number of hydrogen-bond donors (Lipinski definition) is 2. The van der Waals surface area contributed by atoms with Gasteiger partial charge in [0.25, 0.3) is 0 Å². The smallest absolute Gasteiger partial charge is 0.203 e. The number of ether oxygens (including phenoxy) is 3. The lowest BCUT2D eigenvalue weighted by Crippen LogP contribution is -2.38. The van der Waals surface area contributed by atoms with Crippen molar-refractivity contribution in [3.63, 3.8) is 0 Å². The van der Waals surface area contributed by atoms with Crippen molar-refractivity contribution >= 4 is 29.9 Å². The first-order chi connectivity index (χ1) is 14.1. The van der Waals surface area contributed by atoms with E-state index >= 15 is 0 Å². The highest BCUT2D eigenvalue weighted by atomic mass is 127. The number of rotatable bonds is 10. The van der Waals surface area contributed by atoms with Gasteiger partial charge < -0.3 is 29.7 Å². The van der Waals surface area contributed by atoms with Crippen LogP contribution in [0.5, 0.6) is 17.2 Å². The Morgan fingerprint density at radius 3 is 2.20 bits per heavy atom. The lowest BCUT2D eigenvalue weighted by Gasteiger charge is -2.30. The number of likely N-dealkylation sites (tertiary alicyclic amines) is 1. The number of aliphatic imine (C=N–C) groups is 1. The summed E-state index contributed by atoms with van der Waals surface area (Å²) in [5.41, 5.74) is 1.03. The van der Waals surface area contributed by atoms with Crippen LogP contribution in [0.2, 0.25) is 0 Å². The summed E-state index contributed by atoms with van der Waals surface area (Å²) >= 11 is 0. The number of methoxy groups -OCH3 is 3. The molecule has 0 amide bonds. The fourth-order valence-corrected chi connectivity index (χ4v) is 3.60. The molecule has 0 bridgehead atoms. The van der Waals surface area contributed by atoms with Gasteiger partial charge in [-0.05, 0) is 68.9 Å². The molecular weight excluding hydrogens is 495 g/mol. The Bertz CT molecular complexity index is 624. The van der Waals surface area contributed by atoms with Crippen molar-refractivity contribution < 1.29 is 14.2 Å². The molecule has 0 unspecified atom stereocenters. The molecule has 0 atom stereocenters. The summed E-state index contributed by atoms with van der Waals surface area (Å²) in [6.45, 7) is 7.60. The third kappa shape index (κ3) is 8.37. The first kappa shape index (κ1) is 26.6. The maximum atomic E-state index is 5.42. The zero-order valence-electron chi connectivity index (χ0n) is 19.1. The number of unbranched alkanes of at least 4 members (excludes halogenated alkanes) is 1. The molecular formula is C22H39IN4O3. The fraction of sp³-hybridized carbons (Fsp3) is 0.682. The van der Waals surface area contributed by atoms with Gasteiger partial charge in [0.05, 0.1) is 21.3 Å². The topological polar surface area (TPSA) is 67.4 Å². The first-order valence-corrected chi connectivity index (χ1v) is 10.6. The van der Waals surface area contributed by atoms with Crippen LogP contribution in [0.15, 0.2) is 17.1 Å². The van der Waals surface area contributed by atoms with E-state index in [2.05, 4.69) is 27.4 Å². The lowest BCUT2D eigenvalue weighted by atomic mass is 9.99. The monoisotopic (exact) mass is 534 g/mol. The minimum atomic E-state index is 0. The van der Waals surface area contributed by atoms with Gasteiger partial charge in [0, 0.05) is 20.1 Å². The highest BCUT2D eigenvalue weighted by Crippen LogP contribution is 2.38. The summed E-state index contributed by atoms with van der Waals surface area (Å²) in [7, 11) is 6.65. The Kier molecular flexibility index (Phi) is 12.9. The summed E-state index contributed by atoms with van der Waals surface area (Å²) in [6.07, 6.45) is 5.04. The predicted molar refractivity (Wildman–Crippen MR) is 134 cm³/mol. The summed E-state index contributed by atoms with van der Waals surface area (Å²) in [4.78, 5) is 6.91. The molecule has 1 heterocycles. The van der Waals surface area contributed by atoms with Crippen molar-refractivity contribution in [1.29, 1.82) is 0 Å². The predicted octanol–water partition coefficient (Wildman–Crippen LogP) is 3.51. The number of benzene rings is 1. The zero-order valence-corrected chi connectivity index (χ0v) is 21.5. The lowest BCUT2D eigenvalue weighted by molar-refractivity contribution is 0.189. The second-order valence-electron chi connectivity index (χ2n) is 7.62. The molecule has 172 valence electrons. The normalized spacial score (nSPS) is 15.3. The van der Waals surface area contributed by atoms with E-state index in [-0.39, 0.29) is 24.0 Å². The van der Waals surface area contributed by atoms with Gasteiger partial charge in [-0.2, -0.15) is 0 Å². The van der Waals surface area contributed by atoms with E-state index in [1.165, 1.54) is 38.9 Å². The fourth-order valence-electron chi connectivity index (χ4n) is 3.60. The molecule has 1 fully saturated rings. The third-order valence-corrected chi connectivity index (χ3v) is 5.48. The number of guanidine groups is 1. The van der Waals surface area contributed by atoms with Crippen LogP contribution in [-0.4, -0.2) is 65.4 Å². The van der Waals surface area contributed by atoms with E-state index in [9.17, 15) is 0 Å². The molecule has 0 spiro atoms. The summed E-state index contributed by atoms with van der Waals surface area (Å²) in [5, 5.41) is 6.74. The molecule has 0 aliphatic carbocycles. The molecule has 2 N–H and O–H groups in total. The van der Waals surface area contributed by atoms with E-state index < -0.39 is 0 Å². The standard InChI is InChI=1S/C22H38N4O3.HI/c1-17-8-12-26(13-9-17)11-7-6-10-24-22(23-2)25-16-18-14-19(27-3)21(29-5)20(15-18)28-4;/h14-15,17H,6-13,16H2,1-5H3,(H2,23,24,25);1H. The Hall–Kier alpha value is -1.42. The minimum absolute atomic E-state index is 0. The van der Waals surface area contributed by atoms with E-state index in [0.29, 0.717) is 23.8 Å². The zero-order chi connectivity index (χ0) is 21.1. The van der Waals surface area contributed by atoms with Crippen LogP contribution in [0.25, 0.3) is 0 Å². The number of halogens is 1. The van der Waals surface area contributed by atoms with Gasteiger partial charge in [-0.15, -0.1) is 24.0 Å². The summed E-state index contributed by atoms with van der Waals surface area (Å²) in [6, 6.07) is 3.89. The van der Waals surface area contributed by atoms with Gasteiger partial charge >= 0.3 is 0 Å². The van der Waals surface area contributed by atoms with Crippen molar-refractivity contribution in [1.82, 2.24) is 15.5 Å². The van der Waals surface area contributed by atoms with Gasteiger partial charge in [-0.1, -0.05) is 6.92 Å². The average molecular weight is 534 g/mol. The second-order valence-corrected chi connectivity index (χ2v) is 7.62. The van der Waals surface area contributed by atoms with E-state index in [0.717, 1.165) is 30.4 Å². The van der Waals surface area contributed by atoms with Crippen LogP contribution in [0.1, 0.15) is 38.2 Å². The molecule has 1 aliphatic rings. The van der Waals surface area contributed by atoms with Gasteiger partial charge in [0.15, 0.2) is 17.5 Å². The van der Waals surface area contributed by atoms with Gasteiger partial charge in [-0.25, -0.2) is 0 Å². The second kappa shape index (κ2) is 14.6. The van der Waals surface area contributed by atoms with Crippen molar-refractivity contribution in [2.75, 3.05) is 54.6 Å². The van der Waals surface area contributed by atoms with Crippen LogP contribution < -0.4 is 24.8 Å². The highest BCUT2D eigenvalue weighted by molar-refractivity contribution is 14.0. The molecule has 0 saturated carbocycles. The molecule has 1 aromatic carbocycles. The Morgan fingerprint density at radius 1 is 1.03 bits per heavy atom. The molecule has 7 nitrogen and oxygen atoms in total. The Morgan fingerprint density at radius 2 is 1.67 bits per heavy atom. The number of piperidine rings is 1. The summed E-state index contributed by atoms with van der Waals surface area (Å²) in [5.74, 6) is 3.60. The van der Waals surface area contributed by atoms with Crippen LogP contribution in [-0.2, 0) is 6.54 Å². The average Bonchev–Trinajstić information content (AvgIpc) is 2.75. The van der Waals surface area contributed by atoms with Gasteiger partial charge in [-0.3, -0.25) is 4.99 Å².